The van der Waals surface area contributed by atoms with Crippen molar-refractivity contribution in [3.63, 3.8) is 0 Å². The Bertz CT molecular complexity index is 276. The van der Waals surface area contributed by atoms with Crippen LogP contribution in [-0.2, 0) is 4.79 Å². The highest BCUT2D eigenvalue weighted by atomic mass is 16.4. The van der Waals surface area contributed by atoms with E-state index in [1.807, 2.05) is 0 Å². The molecule has 0 aliphatic heterocycles. The van der Waals surface area contributed by atoms with Gasteiger partial charge in [0.1, 0.15) is 0 Å². The predicted molar refractivity (Wildman–Crippen MR) is 89.6 cm³/mol. The molecule has 0 heterocycles. The van der Waals surface area contributed by atoms with Gasteiger partial charge in [-0.15, -0.1) is 0 Å². The fraction of sp³-hybridized carbons (Fsp3) is 0.842. The van der Waals surface area contributed by atoms with E-state index in [9.17, 15) is 4.79 Å². The highest BCUT2D eigenvalue weighted by molar-refractivity contribution is 5.66. The van der Waals surface area contributed by atoms with Gasteiger partial charge in [0.15, 0.2) is 0 Å². The molecule has 0 bridgehead atoms. The number of carboxylic acid groups (broad SMARTS) is 1. The van der Waals surface area contributed by atoms with Crippen LogP contribution in [0.2, 0.25) is 0 Å². The average Bonchev–Trinajstić information content (AvgIpc) is 2.46. The van der Waals surface area contributed by atoms with Crippen molar-refractivity contribution in [3.05, 3.63) is 11.6 Å². The Labute approximate surface area is 131 Å². The Morgan fingerprint density at radius 2 is 1.14 bits per heavy atom. The second-order valence-corrected chi connectivity index (χ2v) is 6.54. The van der Waals surface area contributed by atoms with Crippen molar-refractivity contribution in [3.8, 4) is 0 Å². The minimum atomic E-state index is -0.677. The number of hydrogen-bond acceptors (Lipinski definition) is 1. The summed E-state index contributed by atoms with van der Waals surface area (Å²) in [4.78, 5) is 10.6. The van der Waals surface area contributed by atoms with Gasteiger partial charge in [-0.05, 0) is 32.1 Å². The molecule has 0 aromatic carbocycles. The topological polar surface area (TPSA) is 37.3 Å². The second kappa shape index (κ2) is 12.9. The first-order valence-corrected chi connectivity index (χ1v) is 9.19. The van der Waals surface area contributed by atoms with Crippen LogP contribution in [0.1, 0.15) is 103 Å². The molecule has 0 radical (unpaired) electrons. The minimum absolute atomic E-state index is 0.281. The third kappa shape index (κ3) is 11.5. The van der Waals surface area contributed by atoms with E-state index in [1.165, 1.54) is 95.5 Å². The van der Waals surface area contributed by atoms with E-state index in [4.69, 9.17) is 5.11 Å². The van der Waals surface area contributed by atoms with Crippen molar-refractivity contribution >= 4 is 5.97 Å². The van der Waals surface area contributed by atoms with Gasteiger partial charge in [-0.25, -0.2) is 0 Å². The van der Waals surface area contributed by atoms with Crippen LogP contribution in [0.4, 0.5) is 0 Å². The largest absolute Gasteiger partial charge is 0.481 e. The Hall–Kier alpha value is -0.790. The monoisotopic (exact) mass is 294 g/mol. The summed E-state index contributed by atoms with van der Waals surface area (Å²) in [6, 6.07) is 0. The number of carbonyl (C=O) groups is 1. The van der Waals surface area contributed by atoms with Gasteiger partial charge in [-0.2, -0.15) is 0 Å². The fourth-order valence-corrected chi connectivity index (χ4v) is 3.20. The Kier molecular flexibility index (Phi) is 11.2. The zero-order valence-electron chi connectivity index (χ0n) is 13.7. The van der Waals surface area contributed by atoms with E-state index in [0.717, 1.165) is 0 Å². The average molecular weight is 294 g/mol. The van der Waals surface area contributed by atoms with Gasteiger partial charge < -0.3 is 5.11 Å². The van der Waals surface area contributed by atoms with Crippen LogP contribution >= 0.6 is 0 Å². The molecule has 0 amide bonds. The smallest absolute Gasteiger partial charge is 0.303 e. The number of allylic oxidation sites excluding steroid dienone is 2. The van der Waals surface area contributed by atoms with E-state index >= 15 is 0 Å². The molecule has 1 rings (SSSR count). The lowest BCUT2D eigenvalue weighted by Crippen LogP contribution is -1.93. The molecule has 2 heteroatoms. The van der Waals surface area contributed by atoms with Crippen molar-refractivity contribution in [1.82, 2.24) is 0 Å². The molecule has 2 nitrogen and oxygen atoms in total. The maximum absolute atomic E-state index is 10.6. The zero-order valence-corrected chi connectivity index (χ0v) is 13.7. The van der Waals surface area contributed by atoms with Gasteiger partial charge in [0.2, 0.25) is 0 Å². The quantitative estimate of drug-likeness (QED) is 0.624. The first kappa shape index (κ1) is 18.3. The maximum atomic E-state index is 10.6. The molecule has 0 aromatic rings. The van der Waals surface area contributed by atoms with Gasteiger partial charge >= 0.3 is 5.97 Å². The standard InChI is InChI=1S/C19H34O2/c20-19(21)17-13-16-18-14-11-9-7-5-3-1-2-4-6-8-10-12-15-18/h16H,1-15,17H2,(H,20,21). The molecular formula is C19H34O2. The lowest BCUT2D eigenvalue weighted by Gasteiger charge is -2.08. The molecule has 0 aromatic heterocycles. The van der Waals surface area contributed by atoms with Gasteiger partial charge in [0.25, 0.3) is 0 Å². The van der Waals surface area contributed by atoms with E-state index < -0.39 is 5.97 Å². The summed E-state index contributed by atoms with van der Waals surface area (Å²) < 4.78 is 0. The second-order valence-electron chi connectivity index (χ2n) is 6.54. The van der Waals surface area contributed by atoms with E-state index in [2.05, 4.69) is 6.08 Å². The van der Waals surface area contributed by atoms with E-state index in [0.29, 0.717) is 6.42 Å². The SMILES string of the molecule is O=C(O)CCC=C1CCCCCCCCCCCCCC1. The van der Waals surface area contributed by atoms with Gasteiger partial charge in [-0.1, -0.05) is 75.9 Å². The van der Waals surface area contributed by atoms with Crippen LogP contribution < -0.4 is 0 Å². The molecular weight excluding hydrogens is 260 g/mol. The molecule has 1 N–H and O–H groups in total. The third-order valence-corrected chi connectivity index (χ3v) is 4.54. The molecule has 1 saturated carbocycles. The van der Waals surface area contributed by atoms with Crippen LogP contribution in [0, 0.1) is 0 Å². The van der Waals surface area contributed by atoms with E-state index in [1.54, 1.807) is 0 Å². The molecule has 0 saturated heterocycles. The van der Waals surface area contributed by atoms with Gasteiger partial charge in [-0.3, -0.25) is 4.79 Å². The summed E-state index contributed by atoms with van der Waals surface area (Å²) in [5.41, 5.74) is 1.52. The number of aliphatic carboxylic acids is 1. The van der Waals surface area contributed by atoms with Crippen LogP contribution in [0.5, 0.6) is 0 Å². The van der Waals surface area contributed by atoms with E-state index in [-0.39, 0.29) is 6.42 Å². The normalized spacial score (nSPS) is 20.3. The molecule has 1 aliphatic rings. The predicted octanol–water partition coefficient (Wildman–Crippen LogP) is 6.25. The lowest BCUT2D eigenvalue weighted by atomic mass is 9.99. The third-order valence-electron chi connectivity index (χ3n) is 4.54. The summed E-state index contributed by atoms with van der Waals surface area (Å²) in [7, 11) is 0. The summed E-state index contributed by atoms with van der Waals surface area (Å²) in [6.07, 6.45) is 22.1. The Morgan fingerprint density at radius 1 is 0.762 bits per heavy atom. The number of hydrogen-bond donors (Lipinski definition) is 1. The minimum Gasteiger partial charge on any atom is -0.481 e. The first-order chi connectivity index (χ1) is 10.3. The Balaban J connectivity index is 2.34. The van der Waals surface area contributed by atoms with Crippen LogP contribution in [-0.4, -0.2) is 11.1 Å². The molecule has 1 fully saturated rings. The van der Waals surface area contributed by atoms with Crippen molar-refractivity contribution in [2.24, 2.45) is 0 Å². The fourth-order valence-electron chi connectivity index (χ4n) is 3.20. The lowest BCUT2D eigenvalue weighted by molar-refractivity contribution is -0.136. The number of rotatable bonds is 3. The van der Waals surface area contributed by atoms with Crippen LogP contribution in [0.3, 0.4) is 0 Å². The number of carboxylic acids is 1. The highest BCUT2D eigenvalue weighted by Gasteiger charge is 2.02. The molecule has 0 unspecified atom stereocenters. The molecule has 21 heavy (non-hydrogen) atoms. The first-order valence-electron chi connectivity index (χ1n) is 9.19. The van der Waals surface area contributed by atoms with Crippen LogP contribution in [0.25, 0.3) is 0 Å². The van der Waals surface area contributed by atoms with Crippen molar-refractivity contribution in [1.29, 1.82) is 0 Å². The molecule has 1 aliphatic carbocycles. The maximum Gasteiger partial charge on any atom is 0.303 e. The molecule has 0 atom stereocenters. The van der Waals surface area contributed by atoms with Gasteiger partial charge in [0.05, 0.1) is 0 Å². The molecule has 0 spiro atoms. The Morgan fingerprint density at radius 3 is 1.52 bits per heavy atom. The summed E-state index contributed by atoms with van der Waals surface area (Å²) in [6.45, 7) is 0. The summed E-state index contributed by atoms with van der Waals surface area (Å²) >= 11 is 0. The zero-order chi connectivity index (χ0) is 15.2. The van der Waals surface area contributed by atoms with Crippen molar-refractivity contribution in [2.75, 3.05) is 0 Å². The van der Waals surface area contributed by atoms with Crippen LogP contribution in [0.15, 0.2) is 11.6 Å². The summed E-state index contributed by atoms with van der Waals surface area (Å²) in [5.74, 6) is -0.677. The highest BCUT2D eigenvalue weighted by Crippen LogP contribution is 2.20. The van der Waals surface area contributed by atoms with Crippen molar-refractivity contribution in [2.45, 2.75) is 103 Å². The van der Waals surface area contributed by atoms with Crippen molar-refractivity contribution < 1.29 is 9.90 Å². The molecule has 122 valence electrons. The summed E-state index contributed by atoms with van der Waals surface area (Å²) in [5, 5.41) is 8.75. The van der Waals surface area contributed by atoms with Gasteiger partial charge in [0, 0.05) is 6.42 Å².